The molecule has 2 fully saturated rings. The Balaban J connectivity index is 1.38. The summed E-state index contributed by atoms with van der Waals surface area (Å²) < 4.78 is 25.5. The minimum atomic E-state index is -0.354. The number of rotatable bonds is 5. The highest BCUT2D eigenvalue weighted by Crippen LogP contribution is 2.33. The van der Waals surface area contributed by atoms with E-state index in [1.807, 2.05) is 0 Å². The lowest BCUT2D eigenvalue weighted by Gasteiger charge is -2.46. The van der Waals surface area contributed by atoms with Gasteiger partial charge in [-0.15, -0.1) is 0 Å². The Morgan fingerprint density at radius 1 is 1.14 bits per heavy atom. The number of carbonyl (C=O) groups excluding carboxylic acids is 1. The van der Waals surface area contributed by atoms with Gasteiger partial charge in [0.15, 0.2) is 0 Å². The lowest BCUT2D eigenvalue weighted by Crippen LogP contribution is -2.58. The van der Waals surface area contributed by atoms with E-state index < -0.39 is 0 Å². The molecule has 2 aliphatic rings. The second kappa shape index (κ2) is 8.05. The molecule has 1 spiro atoms. The van der Waals surface area contributed by atoms with Crippen LogP contribution in [-0.4, -0.2) is 42.6 Å². The largest absolute Gasteiger partial charge is 0.465 e. The predicted molar refractivity (Wildman–Crippen MR) is 105 cm³/mol. The second-order valence-electron chi connectivity index (χ2n) is 7.83. The van der Waals surface area contributed by atoms with Gasteiger partial charge < -0.3 is 14.1 Å². The Hall–Kier alpha value is -2.18. The molecule has 1 aromatic carbocycles. The fraction of sp³-hybridized carbons (Fsp3) is 0.500. The number of morpholine rings is 1. The van der Waals surface area contributed by atoms with E-state index in [9.17, 15) is 9.18 Å². The number of anilines is 1. The van der Waals surface area contributed by atoms with Gasteiger partial charge in [-0.05, 0) is 49.6 Å². The summed E-state index contributed by atoms with van der Waals surface area (Å²) in [5.74, 6) is 1.60. The summed E-state index contributed by atoms with van der Waals surface area (Å²) in [7, 11) is 0. The van der Waals surface area contributed by atoms with Gasteiger partial charge in [-0.1, -0.05) is 13.0 Å². The average Bonchev–Trinajstić information content (AvgIpc) is 3.13. The monoisotopic (exact) mass is 386 g/mol. The first-order valence-electron chi connectivity index (χ1n) is 10.1. The summed E-state index contributed by atoms with van der Waals surface area (Å²) in [4.78, 5) is 16.4. The van der Waals surface area contributed by atoms with Crippen molar-refractivity contribution in [1.29, 1.82) is 0 Å². The van der Waals surface area contributed by atoms with Gasteiger partial charge in [0.05, 0.1) is 18.7 Å². The minimum absolute atomic E-state index is 0.0507. The van der Waals surface area contributed by atoms with E-state index in [0.29, 0.717) is 12.2 Å². The average molecular weight is 386 g/mol. The lowest BCUT2D eigenvalue weighted by molar-refractivity contribution is -0.145. The standard InChI is InChI=1S/C22H27FN2O3/c1-2-4-19-7-8-20(28-19)14-24-11-9-22(10-12-24)16-25(21(26)15-27-22)18-6-3-5-17(23)13-18/h3,5-8,13H,2,4,9-12,14-16H2,1H3. The van der Waals surface area contributed by atoms with Gasteiger partial charge in [-0.2, -0.15) is 0 Å². The van der Waals surface area contributed by atoms with Crippen molar-refractivity contribution in [3.8, 4) is 0 Å². The molecule has 5 nitrogen and oxygen atoms in total. The minimum Gasteiger partial charge on any atom is -0.465 e. The Morgan fingerprint density at radius 2 is 1.93 bits per heavy atom. The Bertz CT molecular complexity index is 827. The zero-order valence-corrected chi connectivity index (χ0v) is 16.3. The van der Waals surface area contributed by atoms with Crippen molar-refractivity contribution in [2.75, 3.05) is 31.1 Å². The molecule has 150 valence electrons. The number of amides is 1. The molecular weight excluding hydrogens is 359 g/mol. The maximum absolute atomic E-state index is 13.6. The van der Waals surface area contributed by atoms with Crippen LogP contribution in [0.5, 0.6) is 0 Å². The molecule has 1 aromatic heterocycles. The van der Waals surface area contributed by atoms with Crippen LogP contribution in [0.1, 0.15) is 37.7 Å². The van der Waals surface area contributed by atoms with Gasteiger partial charge in [0, 0.05) is 25.2 Å². The van der Waals surface area contributed by atoms with Crippen LogP contribution < -0.4 is 4.90 Å². The topological polar surface area (TPSA) is 45.9 Å². The van der Waals surface area contributed by atoms with Gasteiger partial charge in [0.25, 0.3) is 5.91 Å². The van der Waals surface area contributed by atoms with E-state index in [-0.39, 0.29) is 23.9 Å². The molecule has 4 rings (SSSR count). The number of furan rings is 1. The van der Waals surface area contributed by atoms with Gasteiger partial charge in [-0.3, -0.25) is 9.69 Å². The van der Waals surface area contributed by atoms with Crippen LogP contribution in [0.4, 0.5) is 10.1 Å². The Labute approximate surface area is 165 Å². The highest BCUT2D eigenvalue weighted by atomic mass is 19.1. The van der Waals surface area contributed by atoms with Crippen LogP contribution in [0, 0.1) is 5.82 Å². The summed E-state index contributed by atoms with van der Waals surface area (Å²) in [6.07, 6.45) is 3.74. The van der Waals surface area contributed by atoms with Gasteiger partial charge in [-0.25, -0.2) is 4.39 Å². The van der Waals surface area contributed by atoms with Gasteiger partial charge in [0.2, 0.25) is 0 Å². The van der Waals surface area contributed by atoms with Crippen LogP contribution in [-0.2, 0) is 22.5 Å². The lowest BCUT2D eigenvalue weighted by atomic mass is 9.89. The van der Waals surface area contributed by atoms with Crippen molar-refractivity contribution in [2.24, 2.45) is 0 Å². The van der Waals surface area contributed by atoms with Crippen LogP contribution in [0.25, 0.3) is 0 Å². The molecule has 0 saturated carbocycles. The van der Waals surface area contributed by atoms with Crippen molar-refractivity contribution in [3.63, 3.8) is 0 Å². The first kappa shape index (κ1) is 19.2. The van der Waals surface area contributed by atoms with Crippen molar-refractivity contribution in [1.82, 2.24) is 4.90 Å². The van der Waals surface area contributed by atoms with Crippen LogP contribution in [0.3, 0.4) is 0 Å². The third kappa shape index (κ3) is 4.13. The van der Waals surface area contributed by atoms with E-state index in [1.54, 1.807) is 17.0 Å². The first-order chi connectivity index (χ1) is 13.6. The summed E-state index contributed by atoms with van der Waals surface area (Å²) in [6, 6.07) is 10.4. The van der Waals surface area contributed by atoms with Crippen molar-refractivity contribution in [2.45, 2.75) is 44.8 Å². The quantitative estimate of drug-likeness (QED) is 0.785. The normalized spacial score (nSPS) is 20.1. The smallest absolute Gasteiger partial charge is 0.253 e. The maximum Gasteiger partial charge on any atom is 0.253 e. The number of hydrogen-bond donors (Lipinski definition) is 0. The zero-order valence-electron chi connectivity index (χ0n) is 16.3. The zero-order chi connectivity index (χ0) is 19.6. The molecule has 0 aliphatic carbocycles. The molecule has 0 atom stereocenters. The van der Waals surface area contributed by atoms with Crippen LogP contribution in [0.2, 0.25) is 0 Å². The fourth-order valence-corrected chi connectivity index (χ4v) is 4.12. The number of hydrogen-bond acceptors (Lipinski definition) is 4. The Morgan fingerprint density at radius 3 is 2.68 bits per heavy atom. The van der Waals surface area contributed by atoms with Crippen LogP contribution in [0.15, 0.2) is 40.8 Å². The van der Waals surface area contributed by atoms with E-state index in [0.717, 1.165) is 56.8 Å². The first-order valence-corrected chi connectivity index (χ1v) is 10.1. The number of halogens is 1. The van der Waals surface area contributed by atoms with Crippen molar-refractivity contribution < 1.29 is 18.3 Å². The summed E-state index contributed by atoms with van der Waals surface area (Å²) in [5.41, 5.74) is 0.252. The maximum atomic E-state index is 13.6. The molecule has 0 unspecified atom stereocenters. The molecule has 1 amide bonds. The highest BCUT2D eigenvalue weighted by Gasteiger charge is 2.42. The summed E-state index contributed by atoms with van der Waals surface area (Å²) in [5, 5.41) is 0. The van der Waals surface area contributed by atoms with E-state index in [2.05, 4.69) is 24.0 Å². The second-order valence-corrected chi connectivity index (χ2v) is 7.83. The molecule has 0 radical (unpaired) electrons. The molecular formula is C22H27FN2O3. The number of ether oxygens (including phenoxy) is 1. The number of benzene rings is 1. The molecule has 28 heavy (non-hydrogen) atoms. The number of aryl methyl sites for hydroxylation is 1. The molecule has 6 heteroatoms. The van der Waals surface area contributed by atoms with E-state index in [4.69, 9.17) is 9.15 Å². The predicted octanol–water partition coefficient (Wildman–Crippen LogP) is 3.77. The Kier molecular flexibility index (Phi) is 5.51. The number of likely N-dealkylation sites (tertiary alicyclic amines) is 1. The molecule has 0 bridgehead atoms. The summed E-state index contributed by atoms with van der Waals surface area (Å²) in [6.45, 7) is 5.24. The third-order valence-corrected chi connectivity index (χ3v) is 5.73. The SMILES string of the molecule is CCCc1ccc(CN2CCC3(CC2)CN(c2cccc(F)c2)C(=O)CO3)o1. The van der Waals surface area contributed by atoms with Crippen molar-refractivity contribution in [3.05, 3.63) is 53.7 Å². The molecule has 0 N–H and O–H groups in total. The van der Waals surface area contributed by atoms with Gasteiger partial charge >= 0.3 is 0 Å². The van der Waals surface area contributed by atoms with Crippen LogP contribution >= 0.6 is 0 Å². The fourth-order valence-electron chi connectivity index (χ4n) is 4.12. The molecule has 3 heterocycles. The van der Waals surface area contributed by atoms with Gasteiger partial charge in [0.1, 0.15) is 23.9 Å². The van der Waals surface area contributed by atoms with E-state index in [1.165, 1.54) is 12.1 Å². The number of nitrogens with zero attached hydrogens (tertiary/aromatic N) is 2. The number of piperidine rings is 1. The molecule has 2 aromatic rings. The number of carbonyl (C=O) groups is 1. The molecule has 2 aliphatic heterocycles. The van der Waals surface area contributed by atoms with E-state index >= 15 is 0 Å². The summed E-state index contributed by atoms with van der Waals surface area (Å²) >= 11 is 0. The molecule has 2 saturated heterocycles. The highest BCUT2D eigenvalue weighted by molar-refractivity contribution is 5.95. The third-order valence-electron chi connectivity index (χ3n) is 5.73. The van der Waals surface area contributed by atoms with Crippen molar-refractivity contribution >= 4 is 11.6 Å².